The lowest BCUT2D eigenvalue weighted by Gasteiger charge is -2.30. The first-order valence-corrected chi connectivity index (χ1v) is 8.74. The van der Waals surface area contributed by atoms with Crippen LogP contribution < -0.4 is 19.9 Å². The summed E-state index contributed by atoms with van der Waals surface area (Å²) in [6, 6.07) is 5.64. The maximum absolute atomic E-state index is 12.5. The lowest BCUT2D eigenvalue weighted by atomic mass is 9.78. The Kier molecular flexibility index (Phi) is 5.16. The van der Waals surface area contributed by atoms with E-state index in [0.29, 0.717) is 24.5 Å². The molecule has 0 aliphatic heterocycles. The monoisotopic (exact) mass is 346 g/mol. The van der Waals surface area contributed by atoms with Gasteiger partial charge in [0.15, 0.2) is 11.5 Å². The van der Waals surface area contributed by atoms with Crippen LogP contribution in [0.25, 0.3) is 0 Å². The van der Waals surface area contributed by atoms with Gasteiger partial charge in [0.2, 0.25) is 5.91 Å². The molecule has 2 aliphatic rings. The lowest BCUT2D eigenvalue weighted by molar-refractivity contribution is -0.314. The molecule has 0 heterocycles. The van der Waals surface area contributed by atoms with Crippen LogP contribution in [0.3, 0.4) is 0 Å². The number of ether oxygens (including phenoxy) is 2. The quantitative estimate of drug-likeness (QED) is 0.788. The number of methoxy groups -OCH3 is 2. The van der Waals surface area contributed by atoms with E-state index in [1.54, 1.807) is 14.2 Å². The molecule has 0 radical (unpaired) electrons. The van der Waals surface area contributed by atoms with Crippen LogP contribution in [-0.4, -0.2) is 32.6 Å². The van der Waals surface area contributed by atoms with Crippen molar-refractivity contribution < 1.29 is 24.2 Å². The molecule has 1 amide bonds. The fourth-order valence-electron chi connectivity index (χ4n) is 4.49. The van der Waals surface area contributed by atoms with Crippen molar-refractivity contribution in [3.63, 3.8) is 0 Å². The standard InChI is InChI=1S/C19H25NO5/c1-24-14-6-3-11(9-15(14)25-2)7-8-20-18(21)16-12-4-5-13(10-12)17(16)19(22)23/h3,6,9,12-13,16-17H,4-5,7-8,10H2,1-2H3,(H,20,21)(H,22,23)/p-1/t12-,13-,16-,17-/m0/s1. The van der Waals surface area contributed by atoms with Gasteiger partial charge in [-0.15, -0.1) is 0 Å². The predicted molar refractivity (Wildman–Crippen MR) is 89.1 cm³/mol. The summed E-state index contributed by atoms with van der Waals surface area (Å²) in [5.74, 6) is -0.681. The zero-order valence-corrected chi connectivity index (χ0v) is 14.6. The maximum atomic E-state index is 12.5. The smallest absolute Gasteiger partial charge is 0.224 e. The Morgan fingerprint density at radius 2 is 1.80 bits per heavy atom. The zero-order chi connectivity index (χ0) is 18.0. The molecule has 2 bridgehead atoms. The number of rotatable bonds is 7. The van der Waals surface area contributed by atoms with Gasteiger partial charge in [-0.2, -0.15) is 0 Å². The summed E-state index contributed by atoms with van der Waals surface area (Å²) in [5, 5.41) is 14.3. The largest absolute Gasteiger partial charge is 0.550 e. The molecular formula is C19H24NO5-. The van der Waals surface area contributed by atoms with Gasteiger partial charge in [0.1, 0.15) is 0 Å². The minimum absolute atomic E-state index is 0.108. The van der Waals surface area contributed by atoms with Gasteiger partial charge in [-0.3, -0.25) is 4.79 Å². The number of carboxylic acid groups (broad SMARTS) is 1. The molecule has 0 saturated heterocycles. The van der Waals surface area contributed by atoms with Gasteiger partial charge in [-0.05, 0) is 55.2 Å². The number of amides is 1. The van der Waals surface area contributed by atoms with E-state index in [9.17, 15) is 14.7 Å². The topological polar surface area (TPSA) is 87.7 Å². The van der Waals surface area contributed by atoms with Crippen molar-refractivity contribution in [1.82, 2.24) is 5.32 Å². The van der Waals surface area contributed by atoms with E-state index in [0.717, 1.165) is 24.8 Å². The Labute approximate surface area is 147 Å². The highest BCUT2D eigenvalue weighted by Gasteiger charge is 2.51. The van der Waals surface area contributed by atoms with E-state index in [2.05, 4.69) is 5.32 Å². The van der Waals surface area contributed by atoms with Crippen LogP contribution in [0.2, 0.25) is 0 Å². The molecular weight excluding hydrogens is 322 g/mol. The van der Waals surface area contributed by atoms with Crippen LogP contribution in [0.1, 0.15) is 24.8 Å². The third-order valence-corrected chi connectivity index (χ3v) is 5.65. The van der Waals surface area contributed by atoms with Crippen LogP contribution in [0.4, 0.5) is 0 Å². The third-order valence-electron chi connectivity index (χ3n) is 5.65. The van der Waals surface area contributed by atoms with Crippen molar-refractivity contribution >= 4 is 11.9 Å². The van der Waals surface area contributed by atoms with Gasteiger partial charge < -0.3 is 24.7 Å². The number of hydrogen-bond donors (Lipinski definition) is 1. The summed E-state index contributed by atoms with van der Waals surface area (Å²) in [6.45, 7) is 0.460. The minimum atomic E-state index is -1.08. The third kappa shape index (κ3) is 3.43. The Bertz CT molecular complexity index is 659. The molecule has 1 N–H and O–H groups in total. The molecule has 0 unspecified atom stereocenters. The van der Waals surface area contributed by atoms with E-state index in [1.807, 2.05) is 18.2 Å². The molecule has 4 atom stereocenters. The van der Waals surface area contributed by atoms with Crippen molar-refractivity contribution in [1.29, 1.82) is 0 Å². The average molecular weight is 346 g/mol. The van der Waals surface area contributed by atoms with Gasteiger partial charge in [0.25, 0.3) is 0 Å². The van der Waals surface area contributed by atoms with Gasteiger partial charge in [-0.25, -0.2) is 0 Å². The zero-order valence-electron chi connectivity index (χ0n) is 14.6. The van der Waals surface area contributed by atoms with E-state index in [1.165, 1.54) is 0 Å². The van der Waals surface area contributed by atoms with E-state index in [-0.39, 0.29) is 17.7 Å². The van der Waals surface area contributed by atoms with E-state index >= 15 is 0 Å². The molecule has 25 heavy (non-hydrogen) atoms. The van der Waals surface area contributed by atoms with Crippen molar-refractivity contribution in [2.75, 3.05) is 20.8 Å². The molecule has 0 spiro atoms. The number of hydrogen-bond acceptors (Lipinski definition) is 5. The molecule has 0 aromatic heterocycles. The summed E-state index contributed by atoms with van der Waals surface area (Å²) < 4.78 is 10.5. The number of carbonyl (C=O) groups excluding carboxylic acids is 2. The van der Waals surface area contributed by atoms with Gasteiger partial charge in [-0.1, -0.05) is 6.07 Å². The second kappa shape index (κ2) is 7.33. The second-order valence-corrected chi connectivity index (χ2v) is 6.93. The fourth-order valence-corrected chi connectivity index (χ4v) is 4.49. The first-order valence-electron chi connectivity index (χ1n) is 8.74. The van der Waals surface area contributed by atoms with Gasteiger partial charge in [0, 0.05) is 24.3 Å². The molecule has 6 heteroatoms. The normalized spacial score (nSPS) is 27.1. The number of carbonyl (C=O) groups is 2. The van der Waals surface area contributed by atoms with Gasteiger partial charge in [0.05, 0.1) is 14.2 Å². The molecule has 2 saturated carbocycles. The summed E-state index contributed by atoms with van der Waals surface area (Å²) in [5.41, 5.74) is 1.02. The van der Waals surface area contributed by atoms with Crippen molar-refractivity contribution in [2.45, 2.75) is 25.7 Å². The number of aliphatic carboxylic acids is 1. The number of carboxylic acids is 1. The first-order chi connectivity index (χ1) is 12.0. The number of benzene rings is 1. The van der Waals surface area contributed by atoms with Crippen LogP contribution in [0, 0.1) is 23.7 Å². The molecule has 2 fully saturated rings. The lowest BCUT2D eigenvalue weighted by Crippen LogP contribution is -2.46. The highest BCUT2D eigenvalue weighted by atomic mass is 16.5. The number of nitrogens with one attached hydrogen (secondary N) is 1. The van der Waals surface area contributed by atoms with Crippen molar-refractivity contribution in [3.8, 4) is 11.5 Å². The molecule has 136 valence electrons. The predicted octanol–water partition coefficient (Wildman–Crippen LogP) is 0.775. The SMILES string of the molecule is COc1ccc(CCNC(=O)[C@H]2[C@H]3CC[C@@H](C3)[C@@H]2C(=O)[O-])cc1OC. The summed E-state index contributed by atoms with van der Waals surface area (Å²) >= 11 is 0. The summed E-state index contributed by atoms with van der Waals surface area (Å²) in [4.78, 5) is 23.9. The molecule has 1 aromatic rings. The molecule has 2 aliphatic carbocycles. The van der Waals surface area contributed by atoms with Crippen molar-refractivity contribution in [2.24, 2.45) is 23.7 Å². The molecule has 3 rings (SSSR count). The maximum Gasteiger partial charge on any atom is 0.224 e. The number of fused-ring (bicyclic) bond motifs is 2. The second-order valence-electron chi connectivity index (χ2n) is 6.93. The summed E-state index contributed by atoms with van der Waals surface area (Å²) in [6.07, 6.45) is 3.33. The fraction of sp³-hybridized carbons (Fsp3) is 0.579. The van der Waals surface area contributed by atoms with Crippen molar-refractivity contribution in [3.05, 3.63) is 23.8 Å². The highest BCUT2D eigenvalue weighted by Crippen LogP contribution is 2.52. The van der Waals surface area contributed by atoms with Gasteiger partial charge >= 0.3 is 0 Å². The van der Waals surface area contributed by atoms with Crippen LogP contribution in [0.5, 0.6) is 11.5 Å². The van der Waals surface area contributed by atoms with Crippen LogP contribution >= 0.6 is 0 Å². The van der Waals surface area contributed by atoms with E-state index < -0.39 is 17.8 Å². The van der Waals surface area contributed by atoms with E-state index in [4.69, 9.17) is 9.47 Å². The Morgan fingerprint density at radius 3 is 2.44 bits per heavy atom. The average Bonchev–Trinajstić information content (AvgIpc) is 3.22. The minimum Gasteiger partial charge on any atom is -0.550 e. The Balaban J connectivity index is 1.57. The summed E-state index contributed by atoms with van der Waals surface area (Å²) in [7, 11) is 3.17. The van der Waals surface area contributed by atoms with Crippen LogP contribution in [-0.2, 0) is 16.0 Å². The first kappa shape index (κ1) is 17.6. The Morgan fingerprint density at radius 1 is 1.12 bits per heavy atom. The molecule has 6 nitrogen and oxygen atoms in total. The molecule has 1 aromatic carbocycles. The van der Waals surface area contributed by atoms with Crippen LogP contribution in [0.15, 0.2) is 18.2 Å². The Hall–Kier alpha value is -2.24. The highest BCUT2D eigenvalue weighted by molar-refractivity contribution is 5.85.